The highest BCUT2D eigenvalue weighted by molar-refractivity contribution is 6.35. The van der Waals surface area contributed by atoms with E-state index in [1.807, 2.05) is 30.3 Å². The highest BCUT2D eigenvalue weighted by Crippen LogP contribution is 2.10. The molecule has 0 radical (unpaired) electrons. The number of nitrogens with one attached hydrogen (secondary N) is 2. The third-order valence-corrected chi connectivity index (χ3v) is 3.21. The van der Waals surface area contributed by atoms with Gasteiger partial charge in [-0.2, -0.15) is 5.10 Å². The Balaban J connectivity index is 1.96. The summed E-state index contributed by atoms with van der Waals surface area (Å²) in [6.45, 7) is 4.28. The van der Waals surface area contributed by atoms with Gasteiger partial charge in [0.25, 0.3) is 0 Å². The van der Waals surface area contributed by atoms with Gasteiger partial charge >= 0.3 is 11.8 Å². The lowest BCUT2D eigenvalue weighted by Gasteiger charge is -2.10. The average Bonchev–Trinajstić information content (AvgIpc) is 3.10. The Kier molecular flexibility index (Phi) is 6.31. The molecule has 2 N–H and O–H groups in total. The summed E-state index contributed by atoms with van der Waals surface area (Å²) < 4.78 is 5.09. The van der Waals surface area contributed by atoms with Gasteiger partial charge in [0.2, 0.25) is 0 Å². The number of hydrogen-bond acceptors (Lipinski definition) is 4. The van der Waals surface area contributed by atoms with E-state index in [-0.39, 0.29) is 6.54 Å². The number of hydrazone groups is 1. The maximum absolute atomic E-state index is 11.9. The molecule has 0 aliphatic carbocycles. The third kappa shape index (κ3) is 5.39. The summed E-state index contributed by atoms with van der Waals surface area (Å²) >= 11 is 0. The van der Waals surface area contributed by atoms with Crippen LogP contribution in [0.25, 0.3) is 0 Å². The van der Waals surface area contributed by atoms with E-state index in [1.165, 1.54) is 6.26 Å². The minimum absolute atomic E-state index is 0.153. The summed E-state index contributed by atoms with van der Waals surface area (Å²) in [7, 11) is 0. The van der Waals surface area contributed by atoms with Crippen molar-refractivity contribution in [2.45, 2.75) is 26.8 Å². The van der Waals surface area contributed by atoms with Crippen molar-refractivity contribution in [3.8, 4) is 0 Å². The molecule has 0 atom stereocenters. The molecule has 1 heterocycles. The highest BCUT2D eigenvalue weighted by Gasteiger charge is 2.14. The van der Waals surface area contributed by atoms with Crippen LogP contribution in [0.3, 0.4) is 0 Å². The van der Waals surface area contributed by atoms with Crippen LogP contribution in [0, 0.1) is 5.92 Å². The Morgan fingerprint density at radius 1 is 1.08 bits per heavy atom. The molecule has 6 heteroatoms. The lowest BCUT2D eigenvalue weighted by atomic mass is 10.0. The van der Waals surface area contributed by atoms with Crippen LogP contribution in [-0.4, -0.2) is 17.5 Å². The van der Waals surface area contributed by atoms with Crippen LogP contribution in [0.4, 0.5) is 0 Å². The van der Waals surface area contributed by atoms with Crippen molar-refractivity contribution in [2.24, 2.45) is 11.0 Å². The van der Waals surface area contributed by atoms with E-state index >= 15 is 0 Å². The Morgan fingerprint density at radius 3 is 2.46 bits per heavy atom. The molecule has 0 fully saturated rings. The Morgan fingerprint density at radius 2 is 1.83 bits per heavy atom. The van der Waals surface area contributed by atoms with E-state index in [1.54, 1.807) is 12.1 Å². The first-order valence-electron chi connectivity index (χ1n) is 7.78. The van der Waals surface area contributed by atoms with Gasteiger partial charge in [-0.25, -0.2) is 5.43 Å². The molecule has 126 valence electrons. The molecule has 1 aromatic heterocycles. The quantitative estimate of drug-likeness (QED) is 0.486. The zero-order chi connectivity index (χ0) is 17.4. The monoisotopic (exact) mass is 327 g/mol. The summed E-state index contributed by atoms with van der Waals surface area (Å²) in [4.78, 5) is 23.6. The molecule has 2 aromatic rings. The fourth-order valence-electron chi connectivity index (χ4n) is 2.08. The number of benzene rings is 1. The van der Waals surface area contributed by atoms with Crippen LogP contribution in [0.15, 0.2) is 58.2 Å². The zero-order valence-corrected chi connectivity index (χ0v) is 13.8. The second kappa shape index (κ2) is 8.67. The van der Waals surface area contributed by atoms with Gasteiger partial charge in [0.1, 0.15) is 5.76 Å². The number of carbonyl (C=O) groups is 2. The minimum Gasteiger partial charge on any atom is -0.467 e. The molecule has 2 rings (SSSR count). The molecule has 0 bridgehead atoms. The first kappa shape index (κ1) is 17.5. The summed E-state index contributed by atoms with van der Waals surface area (Å²) in [6.07, 6.45) is 2.20. The SMILES string of the molecule is CC(C)C/C(=N/NC(=O)C(=O)NCc1ccco1)c1ccccc1. The van der Waals surface area contributed by atoms with Gasteiger partial charge in [0.15, 0.2) is 0 Å². The van der Waals surface area contributed by atoms with Crippen LogP contribution in [0.5, 0.6) is 0 Å². The van der Waals surface area contributed by atoms with Crippen molar-refractivity contribution in [1.82, 2.24) is 10.7 Å². The molecule has 2 amide bonds. The molecular weight excluding hydrogens is 306 g/mol. The predicted octanol–water partition coefficient (Wildman–Crippen LogP) is 2.46. The van der Waals surface area contributed by atoms with Crippen molar-refractivity contribution in [3.05, 3.63) is 60.1 Å². The number of carbonyl (C=O) groups excluding carboxylic acids is 2. The van der Waals surface area contributed by atoms with Gasteiger partial charge in [-0.05, 0) is 30.0 Å². The second-order valence-electron chi connectivity index (χ2n) is 5.73. The van der Waals surface area contributed by atoms with Crippen LogP contribution in [-0.2, 0) is 16.1 Å². The van der Waals surface area contributed by atoms with Crippen molar-refractivity contribution in [3.63, 3.8) is 0 Å². The van der Waals surface area contributed by atoms with Crippen LogP contribution in [0.2, 0.25) is 0 Å². The lowest BCUT2D eigenvalue weighted by molar-refractivity contribution is -0.139. The first-order valence-corrected chi connectivity index (χ1v) is 7.78. The number of nitrogens with zero attached hydrogens (tertiary/aromatic N) is 1. The van der Waals surface area contributed by atoms with E-state index in [0.29, 0.717) is 18.1 Å². The van der Waals surface area contributed by atoms with E-state index in [4.69, 9.17) is 4.42 Å². The maximum atomic E-state index is 11.9. The van der Waals surface area contributed by atoms with Crippen LogP contribution >= 0.6 is 0 Å². The Hall–Kier alpha value is -2.89. The number of amides is 2. The van der Waals surface area contributed by atoms with E-state index in [9.17, 15) is 9.59 Å². The van der Waals surface area contributed by atoms with Gasteiger partial charge in [0.05, 0.1) is 18.5 Å². The van der Waals surface area contributed by atoms with Gasteiger partial charge < -0.3 is 9.73 Å². The zero-order valence-electron chi connectivity index (χ0n) is 13.8. The molecular formula is C18H21N3O3. The van der Waals surface area contributed by atoms with E-state index in [2.05, 4.69) is 29.7 Å². The smallest absolute Gasteiger partial charge is 0.329 e. The molecule has 1 aromatic carbocycles. The molecule has 24 heavy (non-hydrogen) atoms. The van der Waals surface area contributed by atoms with Gasteiger partial charge in [0, 0.05) is 0 Å². The van der Waals surface area contributed by atoms with Gasteiger partial charge in [-0.1, -0.05) is 44.2 Å². The van der Waals surface area contributed by atoms with Crippen molar-refractivity contribution in [2.75, 3.05) is 0 Å². The second-order valence-corrected chi connectivity index (χ2v) is 5.73. The topological polar surface area (TPSA) is 83.7 Å². The van der Waals surface area contributed by atoms with E-state index in [0.717, 1.165) is 11.3 Å². The number of furan rings is 1. The predicted molar refractivity (Wildman–Crippen MR) is 91.1 cm³/mol. The van der Waals surface area contributed by atoms with Crippen molar-refractivity contribution >= 4 is 17.5 Å². The Labute approximate surface area is 140 Å². The molecule has 0 saturated carbocycles. The van der Waals surface area contributed by atoms with Crippen molar-refractivity contribution in [1.29, 1.82) is 0 Å². The fourth-order valence-corrected chi connectivity index (χ4v) is 2.08. The largest absolute Gasteiger partial charge is 0.467 e. The van der Waals surface area contributed by atoms with Gasteiger partial charge in [-0.15, -0.1) is 0 Å². The molecule has 6 nitrogen and oxygen atoms in total. The number of rotatable bonds is 6. The normalized spacial score (nSPS) is 11.4. The summed E-state index contributed by atoms with van der Waals surface area (Å²) in [5.74, 6) is -0.621. The standard InChI is InChI=1S/C18H21N3O3/c1-13(2)11-16(14-7-4-3-5-8-14)20-21-18(23)17(22)19-12-15-9-6-10-24-15/h3-10,13H,11-12H2,1-2H3,(H,19,22)(H,21,23)/b20-16-. The molecule has 0 saturated heterocycles. The molecule has 0 spiro atoms. The number of hydrogen-bond donors (Lipinski definition) is 2. The first-order chi connectivity index (χ1) is 11.6. The molecule has 0 unspecified atom stereocenters. The average molecular weight is 327 g/mol. The van der Waals surface area contributed by atoms with Crippen LogP contribution < -0.4 is 10.7 Å². The van der Waals surface area contributed by atoms with Crippen molar-refractivity contribution < 1.29 is 14.0 Å². The fraction of sp³-hybridized carbons (Fsp3) is 0.278. The summed E-state index contributed by atoms with van der Waals surface area (Å²) in [6, 6.07) is 13.0. The van der Waals surface area contributed by atoms with Crippen LogP contribution in [0.1, 0.15) is 31.6 Å². The summed E-state index contributed by atoms with van der Waals surface area (Å²) in [5.41, 5.74) is 3.98. The Bertz CT molecular complexity index is 692. The highest BCUT2D eigenvalue weighted by atomic mass is 16.3. The lowest BCUT2D eigenvalue weighted by Crippen LogP contribution is -2.37. The minimum atomic E-state index is -0.807. The molecule has 0 aliphatic rings. The third-order valence-electron chi connectivity index (χ3n) is 3.21. The van der Waals surface area contributed by atoms with Gasteiger partial charge in [-0.3, -0.25) is 9.59 Å². The maximum Gasteiger partial charge on any atom is 0.329 e. The van der Waals surface area contributed by atoms with E-state index < -0.39 is 11.8 Å². The molecule has 0 aliphatic heterocycles. The summed E-state index contributed by atoms with van der Waals surface area (Å²) in [5, 5.41) is 6.61.